The molecule has 0 bridgehead atoms. The lowest BCUT2D eigenvalue weighted by molar-refractivity contribution is -0.137. The molecule has 1 saturated heterocycles. The highest BCUT2D eigenvalue weighted by Crippen LogP contribution is 2.31. The zero-order valence-corrected chi connectivity index (χ0v) is 17.8. The predicted octanol–water partition coefficient (Wildman–Crippen LogP) is 4.66. The van der Waals surface area contributed by atoms with Crippen LogP contribution < -0.4 is 4.74 Å². The van der Waals surface area contributed by atoms with E-state index >= 15 is 0 Å². The van der Waals surface area contributed by atoms with Gasteiger partial charge in [-0.25, -0.2) is 4.79 Å². The first-order chi connectivity index (χ1) is 13.3. The minimum Gasteiger partial charge on any atom is -0.489 e. The topological polar surface area (TPSA) is 42.0 Å². The van der Waals surface area contributed by atoms with E-state index in [0.29, 0.717) is 25.4 Å². The molecule has 0 aliphatic carbocycles. The molecule has 1 aliphatic heterocycles. The van der Waals surface area contributed by atoms with E-state index < -0.39 is 17.3 Å². The highest BCUT2D eigenvalue weighted by Gasteiger charge is 2.34. The van der Waals surface area contributed by atoms with Crippen LogP contribution in [0.2, 0.25) is 0 Å². The lowest BCUT2D eigenvalue weighted by Gasteiger charge is -2.38. The standard InChI is InChI=1S/C21H31F3N2O3/c1-20(2,3)29-19(27)26-12-6-7-15(13-26)18(14-25(4)5)28-17-10-8-16(9-11-17)21(22,23)24/h8-11,15,18H,6-7,12-14H2,1-5H3/t15-,18-/m0/s1. The van der Waals surface area contributed by atoms with Gasteiger partial charge in [-0.05, 0) is 72.0 Å². The molecular weight excluding hydrogens is 385 g/mol. The molecule has 0 radical (unpaired) electrons. The molecule has 1 aliphatic rings. The van der Waals surface area contributed by atoms with Crippen LogP contribution in [0.5, 0.6) is 5.75 Å². The van der Waals surface area contributed by atoms with E-state index in [2.05, 4.69) is 0 Å². The number of piperidine rings is 1. The molecular formula is C21H31F3N2O3. The number of amides is 1. The van der Waals surface area contributed by atoms with Crippen LogP contribution in [0.15, 0.2) is 24.3 Å². The minimum absolute atomic E-state index is 0.0564. The molecule has 2 atom stereocenters. The average Bonchev–Trinajstić information content (AvgIpc) is 2.59. The maximum Gasteiger partial charge on any atom is 0.416 e. The third kappa shape index (κ3) is 7.42. The zero-order chi connectivity index (χ0) is 21.8. The van der Waals surface area contributed by atoms with E-state index in [0.717, 1.165) is 25.0 Å². The Bertz CT molecular complexity index is 669. The molecule has 2 rings (SSSR count). The fourth-order valence-corrected chi connectivity index (χ4v) is 3.35. The van der Waals surface area contributed by atoms with Crippen molar-refractivity contribution in [2.24, 2.45) is 5.92 Å². The SMILES string of the molecule is CN(C)C[C@H](Oc1ccc(C(F)(F)F)cc1)[C@H]1CCCN(C(=O)OC(C)(C)C)C1. The van der Waals surface area contributed by atoms with E-state index in [1.54, 1.807) is 4.90 Å². The van der Waals surface area contributed by atoms with Crippen LogP contribution in [0.1, 0.15) is 39.2 Å². The zero-order valence-electron chi connectivity index (χ0n) is 17.8. The van der Waals surface area contributed by atoms with Crippen LogP contribution in [-0.4, -0.2) is 61.3 Å². The van der Waals surface area contributed by atoms with Gasteiger partial charge in [-0.15, -0.1) is 0 Å². The summed E-state index contributed by atoms with van der Waals surface area (Å²) in [6.45, 7) is 7.20. The van der Waals surface area contributed by atoms with Crippen molar-refractivity contribution < 1.29 is 27.4 Å². The van der Waals surface area contributed by atoms with Crippen LogP contribution in [0, 0.1) is 5.92 Å². The van der Waals surface area contributed by atoms with Crippen molar-refractivity contribution in [3.63, 3.8) is 0 Å². The summed E-state index contributed by atoms with van der Waals surface area (Å²) in [4.78, 5) is 16.1. The van der Waals surface area contributed by atoms with Crippen LogP contribution >= 0.6 is 0 Å². The molecule has 1 heterocycles. The Hall–Kier alpha value is -1.96. The van der Waals surface area contributed by atoms with Crippen molar-refractivity contribution in [1.82, 2.24) is 9.80 Å². The number of benzene rings is 1. The number of carbonyl (C=O) groups is 1. The Morgan fingerprint density at radius 3 is 2.34 bits per heavy atom. The summed E-state index contributed by atoms with van der Waals surface area (Å²) in [6, 6.07) is 4.74. The van der Waals surface area contributed by atoms with E-state index in [1.807, 2.05) is 39.8 Å². The second kappa shape index (κ2) is 9.24. The number of ether oxygens (including phenoxy) is 2. The highest BCUT2D eigenvalue weighted by atomic mass is 19.4. The number of nitrogens with zero attached hydrogens (tertiary/aromatic N) is 2. The third-order valence-corrected chi connectivity index (χ3v) is 4.65. The van der Waals surface area contributed by atoms with Gasteiger partial charge in [-0.3, -0.25) is 0 Å². The van der Waals surface area contributed by atoms with Gasteiger partial charge in [0.15, 0.2) is 0 Å². The van der Waals surface area contributed by atoms with E-state index in [4.69, 9.17) is 9.47 Å². The first kappa shape index (κ1) is 23.3. The predicted molar refractivity (Wildman–Crippen MR) is 105 cm³/mol. The van der Waals surface area contributed by atoms with Gasteiger partial charge in [0.05, 0.1) is 5.56 Å². The Labute approximate surface area is 170 Å². The number of halogens is 3. The van der Waals surface area contributed by atoms with Gasteiger partial charge in [0.25, 0.3) is 0 Å². The fraction of sp³-hybridized carbons (Fsp3) is 0.667. The normalized spacial score (nSPS) is 19.2. The minimum atomic E-state index is -4.38. The summed E-state index contributed by atoms with van der Waals surface area (Å²) < 4.78 is 49.9. The molecule has 164 valence electrons. The van der Waals surface area contributed by atoms with Crippen LogP contribution in [0.25, 0.3) is 0 Å². The number of likely N-dealkylation sites (tertiary alicyclic amines) is 1. The van der Waals surface area contributed by atoms with E-state index in [9.17, 15) is 18.0 Å². The average molecular weight is 416 g/mol. The van der Waals surface area contributed by atoms with Crippen molar-refractivity contribution in [3.8, 4) is 5.75 Å². The molecule has 0 aromatic heterocycles. The van der Waals surface area contributed by atoms with E-state index in [-0.39, 0.29) is 18.1 Å². The van der Waals surface area contributed by atoms with Gasteiger partial charge in [-0.1, -0.05) is 0 Å². The first-order valence-corrected chi connectivity index (χ1v) is 9.82. The summed E-state index contributed by atoms with van der Waals surface area (Å²) >= 11 is 0. The van der Waals surface area contributed by atoms with Gasteiger partial charge >= 0.3 is 12.3 Å². The molecule has 1 fully saturated rings. The van der Waals surface area contributed by atoms with Crippen molar-refractivity contribution in [2.45, 2.75) is 51.5 Å². The molecule has 1 aromatic rings. The molecule has 29 heavy (non-hydrogen) atoms. The van der Waals surface area contributed by atoms with Gasteiger partial charge in [0.2, 0.25) is 0 Å². The Morgan fingerprint density at radius 2 is 1.83 bits per heavy atom. The molecule has 0 N–H and O–H groups in total. The molecule has 1 amide bonds. The highest BCUT2D eigenvalue weighted by molar-refractivity contribution is 5.68. The molecule has 0 spiro atoms. The van der Waals surface area contributed by atoms with E-state index in [1.165, 1.54) is 12.1 Å². The summed E-state index contributed by atoms with van der Waals surface area (Å²) in [6.07, 6.45) is -3.28. The molecule has 5 nitrogen and oxygen atoms in total. The maximum atomic E-state index is 12.8. The molecule has 0 unspecified atom stereocenters. The van der Waals surface area contributed by atoms with Crippen LogP contribution in [-0.2, 0) is 10.9 Å². The lowest BCUT2D eigenvalue weighted by atomic mass is 9.92. The number of hydrogen-bond acceptors (Lipinski definition) is 4. The number of hydrogen-bond donors (Lipinski definition) is 0. The molecule has 0 saturated carbocycles. The van der Waals surface area contributed by atoms with Gasteiger partial charge < -0.3 is 19.3 Å². The van der Waals surface area contributed by atoms with Gasteiger partial charge in [0, 0.05) is 25.6 Å². The first-order valence-electron chi connectivity index (χ1n) is 9.82. The number of carbonyl (C=O) groups excluding carboxylic acids is 1. The number of alkyl halides is 3. The Morgan fingerprint density at radius 1 is 1.21 bits per heavy atom. The summed E-state index contributed by atoms with van der Waals surface area (Å²) in [5.41, 5.74) is -1.27. The van der Waals surface area contributed by atoms with Crippen molar-refractivity contribution in [2.75, 3.05) is 33.7 Å². The molecule has 1 aromatic carbocycles. The van der Waals surface area contributed by atoms with Crippen molar-refractivity contribution in [3.05, 3.63) is 29.8 Å². The summed E-state index contributed by atoms with van der Waals surface area (Å²) in [5, 5.41) is 0. The largest absolute Gasteiger partial charge is 0.489 e. The fourth-order valence-electron chi connectivity index (χ4n) is 3.35. The number of likely N-dealkylation sites (N-methyl/N-ethyl adjacent to an activating group) is 1. The maximum absolute atomic E-state index is 12.8. The Balaban J connectivity index is 2.09. The van der Waals surface area contributed by atoms with Crippen molar-refractivity contribution >= 4 is 6.09 Å². The second-order valence-corrected chi connectivity index (χ2v) is 8.77. The smallest absolute Gasteiger partial charge is 0.416 e. The second-order valence-electron chi connectivity index (χ2n) is 8.77. The van der Waals surface area contributed by atoms with Crippen molar-refractivity contribution in [1.29, 1.82) is 0 Å². The summed E-state index contributed by atoms with van der Waals surface area (Å²) in [7, 11) is 3.83. The Kier molecular flexibility index (Phi) is 7.43. The van der Waals surface area contributed by atoms with Gasteiger partial charge in [-0.2, -0.15) is 13.2 Å². The lowest BCUT2D eigenvalue weighted by Crippen LogP contribution is -2.48. The quantitative estimate of drug-likeness (QED) is 0.700. The summed E-state index contributed by atoms with van der Waals surface area (Å²) in [5.74, 6) is 0.445. The van der Waals surface area contributed by atoms with Crippen LogP contribution in [0.4, 0.5) is 18.0 Å². The van der Waals surface area contributed by atoms with Crippen LogP contribution in [0.3, 0.4) is 0 Å². The number of rotatable bonds is 5. The van der Waals surface area contributed by atoms with Gasteiger partial charge in [0.1, 0.15) is 17.5 Å². The third-order valence-electron chi connectivity index (χ3n) is 4.65. The molecule has 8 heteroatoms. The monoisotopic (exact) mass is 416 g/mol.